The quantitative estimate of drug-likeness (QED) is 0.675. The minimum absolute atomic E-state index is 0.158. The van der Waals surface area contributed by atoms with E-state index in [2.05, 4.69) is 15.0 Å². The van der Waals surface area contributed by atoms with Crippen LogP contribution in [0.1, 0.15) is 37.6 Å². The fourth-order valence-electron chi connectivity index (χ4n) is 3.31. The number of H-pyrrole nitrogens is 1. The maximum atomic E-state index is 12.8. The zero-order chi connectivity index (χ0) is 19.9. The topological polar surface area (TPSA) is 88.2 Å². The number of fused-ring (bicyclic) bond motifs is 3. The highest BCUT2D eigenvalue weighted by molar-refractivity contribution is 7.18. The van der Waals surface area contributed by atoms with Crippen molar-refractivity contribution in [1.29, 1.82) is 0 Å². The van der Waals surface area contributed by atoms with E-state index in [0.717, 1.165) is 23.3 Å². The summed E-state index contributed by atoms with van der Waals surface area (Å²) in [6, 6.07) is 5.49. The highest BCUT2D eigenvalue weighted by atomic mass is 32.1. The summed E-state index contributed by atoms with van der Waals surface area (Å²) in [4.78, 5) is 40.5. The molecule has 0 saturated carbocycles. The fourth-order valence-corrected chi connectivity index (χ4v) is 4.54. The Hall–Kier alpha value is -2.74. The first-order chi connectivity index (χ1) is 13.3. The van der Waals surface area contributed by atoms with Gasteiger partial charge in [-0.1, -0.05) is 6.07 Å². The molecule has 3 aromatic heterocycles. The Morgan fingerprint density at radius 2 is 2.14 bits per heavy atom. The number of carbonyl (C=O) groups excluding carboxylic acids is 1. The molecule has 0 unspecified atom stereocenters. The van der Waals surface area contributed by atoms with Crippen LogP contribution in [0.5, 0.6) is 0 Å². The van der Waals surface area contributed by atoms with E-state index in [0.29, 0.717) is 34.8 Å². The van der Waals surface area contributed by atoms with Gasteiger partial charge in [0.05, 0.1) is 11.9 Å². The van der Waals surface area contributed by atoms with E-state index in [4.69, 9.17) is 4.74 Å². The van der Waals surface area contributed by atoms with E-state index in [9.17, 15) is 9.59 Å². The zero-order valence-corrected chi connectivity index (χ0v) is 16.9. The first kappa shape index (κ1) is 18.6. The highest BCUT2D eigenvalue weighted by Gasteiger charge is 2.27. The van der Waals surface area contributed by atoms with Crippen molar-refractivity contribution in [2.24, 2.45) is 0 Å². The number of ether oxygens (including phenoxy) is 1. The van der Waals surface area contributed by atoms with Crippen LogP contribution >= 0.6 is 11.3 Å². The molecule has 1 amide bonds. The van der Waals surface area contributed by atoms with Crippen molar-refractivity contribution in [2.75, 3.05) is 6.54 Å². The van der Waals surface area contributed by atoms with Gasteiger partial charge in [-0.25, -0.2) is 9.78 Å². The van der Waals surface area contributed by atoms with E-state index in [-0.39, 0.29) is 11.7 Å². The van der Waals surface area contributed by atoms with Crippen molar-refractivity contribution in [3.63, 3.8) is 0 Å². The molecule has 146 valence electrons. The summed E-state index contributed by atoms with van der Waals surface area (Å²) in [5.74, 6) is 0.457. The van der Waals surface area contributed by atoms with Gasteiger partial charge in [-0.2, -0.15) is 0 Å². The monoisotopic (exact) mass is 398 g/mol. The van der Waals surface area contributed by atoms with Crippen LogP contribution in [-0.2, 0) is 17.7 Å². The second-order valence-corrected chi connectivity index (χ2v) is 8.90. The molecule has 0 spiro atoms. The Morgan fingerprint density at radius 3 is 2.86 bits per heavy atom. The van der Waals surface area contributed by atoms with Crippen LogP contribution < -0.4 is 5.56 Å². The number of rotatable bonds is 1. The molecule has 4 rings (SSSR count). The number of hydrogen-bond donors (Lipinski definition) is 1. The summed E-state index contributed by atoms with van der Waals surface area (Å²) in [6.07, 6.45) is 2.86. The first-order valence-corrected chi connectivity index (χ1v) is 10.1. The molecule has 0 saturated heterocycles. The number of hydrogen-bond acceptors (Lipinski definition) is 6. The SMILES string of the molecule is CC(C)(C)OC(=O)N1CCCc2c(sc3nc(-c4ccccn4)[nH]c(=O)c23)C1. The molecule has 0 atom stereocenters. The molecule has 0 aliphatic carbocycles. The molecule has 4 heterocycles. The molecule has 0 radical (unpaired) electrons. The Morgan fingerprint density at radius 1 is 1.32 bits per heavy atom. The Kier molecular flexibility index (Phi) is 4.66. The molecule has 0 fully saturated rings. The number of aromatic nitrogens is 3. The second-order valence-electron chi connectivity index (χ2n) is 7.82. The minimum atomic E-state index is -0.539. The van der Waals surface area contributed by atoms with E-state index >= 15 is 0 Å². The van der Waals surface area contributed by atoms with E-state index in [1.807, 2.05) is 39.0 Å². The number of carbonyl (C=O) groups is 1. The predicted molar refractivity (Wildman–Crippen MR) is 108 cm³/mol. The summed E-state index contributed by atoms with van der Waals surface area (Å²) in [6.45, 7) is 6.61. The second kappa shape index (κ2) is 7.01. The molecule has 0 bridgehead atoms. The Balaban J connectivity index is 1.72. The lowest BCUT2D eigenvalue weighted by Crippen LogP contribution is -2.36. The average Bonchev–Trinajstić information content (AvgIpc) is 2.84. The van der Waals surface area contributed by atoms with E-state index in [1.54, 1.807) is 11.1 Å². The van der Waals surface area contributed by atoms with Gasteiger partial charge in [-0.05, 0) is 51.3 Å². The third-order valence-corrected chi connectivity index (χ3v) is 5.60. The molecule has 1 N–H and O–H groups in total. The maximum absolute atomic E-state index is 12.8. The first-order valence-electron chi connectivity index (χ1n) is 9.26. The summed E-state index contributed by atoms with van der Waals surface area (Å²) >= 11 is 1.47. The lowest BCUT2D eigenvalue weighted by Gasteiger charge is -2.26. The zero-order valence-electron chi connectivity index (χ0n) is 16.1. The van der Waals surface area contributed by atoms with Gasteiger partial charge in [0.25, 0.3) is 5.56 Å². The average molecular weight is 398 g/mol. The van der Waals surface area contributed by atoms with Gasteiger partial charge in [0.1, 0.15) is 16.1 Å². The van der Waals surface area contributed by atoms with Crippen molar-refractivity contribution < 1.29 is 9.53 Å². The van der Waals surface area contributed by atoms with Crippen LogP contribution in [0, 0.1) is 0 Å². The largest absolute Gasteiger partial charge is 0.444 e. The third-order valence-electron chi connectivity index (χ3n) is 4.49. The van der Waals surface area contributed by atoms with Crippen LogP contribution in [0.2, 0.25) is 0 Å². The molecular weight excluding hydrogens is 376 g/mol. The maximum Gasteiger partial charge on any atom is 0.410 e. The number of pyridine rings is 1. The Bertz CT molecular complexity index is 1080. The van der Waals surface area contributed by atoms with Crippen molar-refractivity contribution in [1.82, 2.24) is 19.9 Å². The van der Waals surface area contributed by atoms with Gasteiger partial charge in [-0.15, -0.1) is 11.3 Å². The lowest BCUT2D eigenvalue weighted by atomic mass is 10.1. The van der Waals surface area contributed by atoms with Gasteiger partial charge in [-0.3, -0.25) is 9.78 Å². The number of aryl methyl sites for hydroxylation is 1. The van der Waals surface area contributed by atoms with Crippen molar-refractivity contribution >= 4 is 27.6 Å². The van der Waals surface area contributed by atoms with Crippen LogP contribution in [-0.4, -0.2) is 38.1 Å². The molecule has 0 aromatic carbocycles. The van der Waals surface area contributed by atoms with Crippen molar-refractivity contribution in [2.45, 2.75) is 45.8 Å². The van der Waals surface area contributed by atoms with Crippen LogP contribution in [0.25, 0.3) is 21.7 Å². The molecule has 8 heteroatoms. The van der Waals surface area contributed by atoms with Gasteiger partial charge in [0, 0.05) is 17.6 Å². The fraction of sp³-hybridized carbons (Fsp3) is 0.400. The molecule has 28 heavy (non-hydrogen) atoms. The number of nitrogens with zero attached hydrogens (tertiary/aromatic N) is 3. The van der Waals surface area contributed by atoms with Gasteiger partial charge >= 0.3 is 6.09 Å². The molecule has 1 aliphatic rings. The normalized spacial score (nSPS) is 14.6. The van der Waals surface area contributed by atoms with E-state index in [1.165, 1.54) is 11.3 Å². The van der Waals surface area contributed by atoms with Crippen LogP contribution in [0.3, 0.4) is 0 Å². The molecular formula is C20H22N4O3S. The third kappa shape index (κ3) is 3.64. The Labute approximate surface area is 166 Å². The summed E-state index contributed by atoms with van der Waals surface area (Å²) in [5, 5.41) is 0.630. The highest BCUT2D eigenvalue weighted by Crippen LogP contribution is 2.33. The smallest absolute Gasteiger partial charge is 0.410 e. The minimum Gasteiger partial charge on any atom is -0.444 e. The van der Waals surface area contributed by atoms with Crippen molar-refractivity contribution in [3.8, 4) is 11.5 Å². The molecule has 7 nitrogen and oxygen atoms in total. The van der Waals surface area contributed by atoms with Gasteiger partial charge < -0.3 is 14.6 Å². The standard InChI is InChI=1S/C20H22N4O3S/c1-20(2,3)27-19(26)24-10-6-7-12-14(11-24)28-18-15(12)17(25)22-16(23-18)13-8-4-5-9-21-13/h4-5,8-9H,6-7,10-11H2,1-3H3,(H,22,23,25). The van der Waals surface area contributed by atoms with Crippen LogP contribution in [0.15, 0.2) is 29.2 Å². The molecule has 3 aromatic rings. The lowest BCUT2D eigenvalue weighted by molar-refractivity contribution is 0.0238. The number of nitrogens with one attached hydrogen (secondary N) is 1. The van der Waals surface area contributed by atoms with E-state index < -0.39 is 5.60 Å². The predicted octanol–water partition coefficient (Wildman–Crippen LogP) is 3.73. The summed E-state index contributed by atoms with van der Waals surface area (Å²) in [7, 11) is 0. The number of aromatic amines is 1. The van der Waals surface area contributed by atoms with Gasteiger partial charge in [0.15, 0.2) is 5.82 Å². The molecule has 1 aliphatic heterocycles. The van der Waals surface area contributed by atoms with Gasteiger partial charge in [0.2, 0.25) is 0 Å². The number of amides is 1. The number of thiophene rings is 1. The van der Waals surface area contributed by atoms with Crippen molar-refractivity contribution in [3.05, 3.63) is 45.2 Å². The summed E-state index contributed by atoms with van der Waals surface area (Å²) in [5.41, 5.74) is 0.921. The summed E-state index contributed by atoms with van der Waals surface area (Å²) < 4.78 is 5.52. The van der Waals surface area contributed by atoms with Crippen LogP contribution in [0.4, 0.5) is 4.79 Å².